The van der Waals surface area contributed by atoms with Gasteiger partial charge in [0.15, 0.2) is 6.29 Å². The fourth-order valence-electron chi connectivity index (χ4n) is 1.70. The normalized spacial score (nSPS) is 10.9. The van der Waals surface area contributed by atoms with Gasteiger partial charge in [0.25, 0.3) is 5.91 Å². The lowest BCUT2D eigenvalue weighted by atomic mass is 10.1. The van der Waals surface area contributed by atoms with E-state index in [1.54, 1.807) is 18.2 Å². The smallest absolute Gasteiger partial charge is 0.267 e. The molecule has 0 bridgehead atoms. The Kier molecular flexibility index (Phi) is 3.14. The number of primary amides is 1. The molecule has 2 rings (SSSR count). The molecule has 0 saturated carbocycles. The number of nitrogens with zero attached hydrogens (tertiary/aromatic N) is 1. The summed E-state index contributed by atoms with van der Waals surface area (Å²) in [5, 5.41) is 19.1. The van der Waals surface area contributed by atoms with Crippen molar-refractivity contribution in [1.82, 2.24) is 4.98 Å². The second-order valence-electron chi connectivity index (χ2n) is 3.72. The maximum atomic E-state index is 11.1. The predicted molar refractivity (Wildman–Crippen MR) is 64.0 cm³/mol. The van der Waals surface area contributed by atoms with Crippen LogP contribution in [0.5, 0.6) is 5.75 Å². The van der Waals surface area contributed by atoms with Crippen molar-refractivity contribution >= 4 is 16.8 Å². The van der Waals surface area contributed by atoms with Gasteiger partial charge in [-0.05, 0) is 18.2 Å². The summed E-state index contributed by atoms with van der Waals surface area (Å²) in [4.78, 5) is 15.2. The summed E-state index contributed by atoms with van der Waals surface area (Å²) in [6, 6.07) is 6.16. The minimum atomic E-state index is -1.71. The summed E-state index contributed by atoms with van der Waals surface area (Å²) in [5.74, 6) is -0.184. The first-order chi connectivity index (χ1) is 8.52. The molecule has 1 aromatic carbocycles. The van der Waals surface area contributed by atoms with E-state index in [0.29, 0.717) is 16.7 Å². The standard InChI is InChI=1S/C12H12N2O4/c1-18-6-2-3-7-8(12(16)17)5-10(11(13)15)14-9(7)4-6/h2-5,12,16-17H,1H3,(H2,13,15). The van der Waals surface area contributed by atoms with Crippen LogP contribution in [0.15, 0.2) is 24.3 Å². The van der Waals surface area contributed by atoms with Crippen molar-refractivity contribution in [3.05, 3.63) is 35.5 Å². The van der Waals surface area contributed by atoms with Gasteiger partial charge in [0.05, 0.1) is 12.6 Å². The maximum absolute atomic E-state index is 11.1. The number of amides is 1. The molecule has 0 aliphatic rings. The number of benzene rings is 1. The lowest BCUT2D eigenvalue weighted by Gasteiger charge is -2.10. The van der Waals surface area contributed by atoms with Gasteiger partial charge in [0, 0.05) is 17.0 Å². The number of aliphatic hydroxyl groups excluding tert-OH is 1. The fraction of sp³-hybridized carbons (Fsp3) is 0.167. The molecule has 18 heavy (non-hydrogen) atoms. The van der Waals surface area contributed by atoms with Crippen molar-refractivity contribution in [2.24, 2.45) is 5.73 Å². The number of aromatic nitrogens is 1. The second-order valence-corrected chi connectivity index (χ2v) is 3.72. The van der Waals surface area contributed by atoms with E-state index in [-0.39, 0.29) is 11.3 Å². The zero-order valence-corrected chi connectivity index (χ0v) is 9.62. The average molecular weight is 248 g/mol. The third kappa shape index (κ3) is 2.11. The van der Waals surface area contributed by atoms with Crippen molar-refractivity contribution in [1.29, 1.82) is 0 Å². The molecule has 6 nitrogen and oxygen atoms in total. The number of hydrogen-bond acceptors (Lipinski definition) is 5. The number of aliphatic hydroxyl groups is 2. The van der Waals surface area contributed by atoms with E-state index in [2.05, 4.69) is 4.98 Å². The van der Waals surface area contributed by atoms with Gasteiger partial charge >= 0.3 is 0 Å². The van der Waals surface area contributed by atoms with E-state index in [9.17, 15) is 15.0 Å². The molecular formula is C12H12N2O4. The van der Waals surface area contributed by atoms with Crippen molar-refractivity contribution in [2.45, 2.75) is 6.29 Å². The third-order valence-electron chi connectivity index (χ3n) is 2.58. The molecule has 0 spiro atoms. The van der Waals surface area contributed by atoms with E-state index in [4.69, 9.17) is 10.5 Å². The molecule has 0 radical (unpaired) electrons. The zero-order chi connectivity index (χ0) is 13.3. The van der Waals surface area contributed by atoms with Gasteiger partial charge in [0.1, 0.15) is 11.4 Å². The Morgan fingerprint density at radius 2 is 2.11 bits per heavy atom. The van der Waals surface area contributed by atoms with Gasteiger partial charge < -0.3 is 20.7 Å². The highest BCUT2D eigenvalue weighted by Crippen LogP contribution is 2.26. The van der Waals surface area contributed by atoms with Gasteiger partial charge in [0.2, 0.25) is 0 Å². The number of carbonyl (C=O) groups is 1. The molecule has 0 unspecified atom stereocenters. The monoisotopic (exact) mass is 248 g/mol. The second kappa shape index (κ2) is 4.59. The van der Waals surface area contributed by atoms with Crippen LogP contribution in [-0.4, -0.2) is 28.2 Å². The topological polar surface area (TPSA) is 106 Å². The minimum Gasteiger partial charge on any atom is -0.497 e. The highest BCUT2D eigenvalue weighted by atomic mass is 16.5. The maximum Gasteiger partial charge on any atom is 0.267 e. The SMILES string of the molecule is COc1ccc2c(C(O)O)cc(C(N)=O)nc2c1. The lowest BCUT2D eigenvalue weighted by molar-refractivity contribution is -0.0413. The Morgan fingerprint density at radius 3 is 2.67 bits per heavy atom. The van der Waals surface area contributed by atoms with Crippen molar-refractivity contribution in [3.8, 4) is 5.75 Å². The minimum absolute atomic E-state index is 0.0288. The van der Waals surface area contributed by atoms with Gasteiger partial charge in [-0.1, -0.05) is 0 Å². The van der Waals surface area contributed by atoms with Crippen LogP contribution in [0.4, 0.5) is 0 Å². The van der Waals surface area contributed by atoms with Crippen LogP contribution in [0.25, 0.3) is 10.9 Å². The molecule has 94 valence electrons. The van der Waals surface area contributed by atoms with Crippen LogP contribution >= 0.6 is 0 Å². The van der Waals surface area contributed by atoms with Crippen LogP contribution in [0.1, 0.15) is 22.3 Å². The third-order valence-corrected chi connectivity index (χ3v) is 2.58. The Bertz CT molecular complexity index is 610. The lowest BCUT2D eigenvalue weighted by Crippen LogP contribution is -2.14. The number of fused-ring (bicyclic) bond motifs is 1. The molecule has 0 saturated heterocycles. The van der Waals surface area contributed by atoms with Crippen LogP contribution < -0.4 is 10.5 Å². The molecule has 1 heterocycles. The van der Waals surface area contributed by atoms with Gasteiger partial charge in [-0.2, -0.15) is 0 Å². The summed E-state index contributed by atoms with van der Waals surface area (Å²) in [6.45, 7) is 0. The summed E-state index contributed by atoms with van der Waals surface area (Å²) < 4.78 is 5.04. The summed E-state index contributed by atoms with van der Waals surface area (Å²) >= 11 is 0. The number of ether oxygens (including phenoxy) is 1. The van der Waals surface area contributed by atoms with Gasteiger partial charge in [-0.3, -0.25) is 4.79 Å². The summed E-state index contributed by atoms with van der Waals surface area (Å²) in [7, 11) is 1.50. The number of carbonyl (C=O) groups excluding carboxylic acids is 1. The fourth-order valence-corrected chi connectivity index (χ4v) is 1.70. The highest BCUT2D eigenvalue weighted by Gasteiger charge is 2.14. The molecule has 0 aliphatic heterocycles. The highest BCUT2D eigenvalue weighted by molar-refractivity contribution is 5.95. The first-order valence-electron chi connectivity index (χ1n) is 5.17. The number of pyridine rings is 1. The van der Waals surface area contributed by atoms with E-state index < -0.39 is 12.2 Å². The van der Waals surface area contributed by atoms with Crippen molar-refractivity contribution in [3.63, 3.8) is 0 Å². The molecule has 6 heteroatoms. The molecule has 1 aromatic heterocycles. The van der Waals surface area contributed by atoms with Crippen LogP contribution in [-0.2, 0) is 0 Å². The first-order valence-corrected chi connectivity index (χ1v) is 5.17. The average Bonchev–Trinajstić information content (AvgIpc) is 2.36. The molecule has 0 atom stereocenters. The molecule has 0 aliphatic carbocycles. The molecule has 0 fully saturated rings. The molecule has 1 amide bonds. The van der Waals surface area contributed by atoms with Crippen LogP contribution in [0.3, 0.4) is 0 Å². The Hall–Kier alpha value is -2.18. The van der Waals surface area contributed by atoms with E-state index in [1.807, 2.05) is 0 Å². The van der Waals surface area contributed by atoms with E-state index in [1.165, 1.54) is 13.2 Å². The number of hydrogen-bond donors (Lipinski definition) is 3. The number of methoxy groups -OCH3 is 1. The summed E-state index contributed by atoms with van der Waals surface area (Å²) in [6.07, 6.45) is -1.71. The molecule has 2 aromatic rings. The Labute approximate surface area is 103 Å². The van der Waals surface area contributed by atoms with Crippen molar-refractivity contribution < 1.29 is 19.7 Å². The van der Waals surface area contributed by atoms with Crippen LogP contribution in [0, 0.1) is 0 Å². The largest absolute Gasteiger partial charge is 0.497 e. The van der Waals surface area contributed by atoms with Gasteiger partial charge in [-0.15, -0.1) is 0 Å². The van der Waals surface area contributed by atoms with E-state index in [0.717, 1.165) is 0 Å². The Morgan fingerprint density at radius 1 is 1.39 bits per heavy atom. The number of rotatable bonds is 3. The Balaban J connectivity index is 2.76. The molecular weight excluding hydrogens is 236 g/mol. The first kappa shape index (κ1) is 12.3. The van der Waals surface area contributed by atoms with E-state index >= 15 is 0 Å². The van der Waals surface area contributed by atoms with Gasteiger partial charge in [-0.25, -0.2) is 4.98 Å². The quantitative estimate of drug-likeness (QED) is 0.678. The predicted octanol–water partition coefficient (Wildman–Crippen LogP) is 0.326. The van der Waals surface area contributed by atoms with Crippen molar-refractivity contribution in [2.75, 3.05) is 7.11 Å². The summed E-state index contributed by atoms with van der Waals surface area (Å²) in [5.41, 5.74) is 5.71. The number of nitrogens with two attached hydrogens (primary N) is 1. The van der Waals surface area contributed by atoms with Crippen LogP contribution in [0.2, 0.25) is 0 Å². The molecule has 4 N–H and O–H groups in total. The zero-order valence-electron chi connectivity index (χ0n) is 9.62.